The first-order valence-corrected chi connectivity index (χ1v) is 44.6. The number of benzene rings is 18. The van der Waals surface area contributed by atoms with Crippen molar-refractivity contribution < 1.29 is 18.0 Å². The molecule has 123 heavy (non-hydrogen) atoms. The molecule has 9 nitrogen and oxygen atoms in total. The van der Waals surface area contributed by atoms with Crippen LogP contribution in [0.5, 0.6) is 0 Å². The smallest absolute Gasteiger partial charge is 0.197 e. The summed E-state index contributed by atoms with van der Waals surface area (Å²) < 4.78 is 52.0. The van der Waals surface area contributed by atoms with E-state index in [0.717, 1.165) is 169 Å². The van der Waals surface area contributed by atoms with E-state index in [-0.39, 0.29) is 21.3 Å². The molecule has 0 saturated carbocycles. The van der Waals surface area contributed by atoms with E-state index in [9.17, 15) is 9.36 Å². The number of hydrogen-bond acceptors (Lipinski definition) is 6. The normalized spacial score (nSPS) is 13.1. The first-order chi connectivity index (χ1) is 59.6. The molecule has 6 heterocycles. The van der Waals surface area contributed by atoms with Gasteiger partial charge >= 0.3 is 0 Å². The molecule has 23 aromatic rings. The molecule has 0 N–H and O–H groups in total. The highest BCUT2D eigenvalue weighted by Crippen LogP contribution is 2.55. The number of furan rings is 2. The van der Waals surface area contributed by atoms with Crippen LogP contribution in [0.15, 0.2) is 449 Å². The number of rotatable bonds is 8. The van der Waals surface area contributed by atoms with Gasteiger partial charge in [-0.15, -0.1) is 0 Å². The van der Waals surface area contributed by atoms with Crippen molar-refractivity contribution in [2.75, 3.05) is 4.90 Å². The SMILES string of the molecule is C.O=P(c1ccccc1)(c1ccccc1)c1cc2oc3ccccc3c2cc1Br.O=P1(c2ccccc2)c2ccccc2-c2ccccc2N(c2ccccc2)c2cc(-n3c4ccccc4c4ccccc43)ccc2-c2cc3c(cc21)oc1ccccc13.O=c1c2ccccc2n(-c2ccccc2)c2cc(-n3c4ccccc4c4ccccc43)ccc12.[B]. The van der Waals surface area contributed by atoms with Crippen molar-refractivity contribution in [2.24, 2.45) is 0 Å². The lowest BCUT2D eigenvalue weighted by molar-refractivity contribution is 0.591. The van der Waals surface area contributed by atoms with Gasteiger partial charge in [0.1, 0.15) is 22.3 Å². The van der Waals surface area contributed by atoms with Gasteiger partial charge in [0.25, 0.3) is 0 Å². The van der Waals surface area contributed by atoms with Crippen LogP contribution in [0.3, 0.4) is 0 Å². The van der Waals surface area contributed by atoms with Crippen LogP contribution in [-0.4, -0.2) is 22.1 Å². The molecule has 24 rings (SSSR count). The third kappa shape index (κ3) is 12.7. The van der Waals surface area contributed by atoms with Crippen LogP contribution in [0, 0.1) is 0 Å². The molecule has 13 heteroatoms. The molecule has 0 spiro atoms. The summed E-state index contributed by atoms with van der Waals surface area (Å²) in [6.45, 7) is 0. The highest BCUT2D eigenvalue weighted by Gasteiger charge is 2.39. The van der Waals surface area contributed by atoms with Gasteiger partial charge in [0.2, 0.25) is 0 Å². The summed E-state index contributed by atoms with van der Waals surface area (Å²) in [5.74, 6) is 0. The minimum Gasteiger partial charge on any atom is -0.456 e. The van der Waals surface area contributed by atoms with Crippen LogP contribution >= 0.6 is 30.2 Å². The van der Waals surface area contributed by atoms with Crippen molar-refractivity contribution in [3.05, 3.63) is 445 Å². The minimum absolute atomic E-state index is 0. The Hall–Kier alpha value is -14.6. The van der Waals surface area contributed by atoms with Gasteiger partial charge in [-0.2, -0.15) is 0 Å². The second kappa shape index (κ2) is 31.5. The molecule has 1 unspecified atom stereocenters. The topological polar surface area (TPSA) is 95.5 Å². The van der Waals surface area contributed by atoms with Gasteiger partial charge < -0.3 is 36.6 Å². The summed E-state index contributed by atoms with van der Waals surface area (Å²) in [6.07, 6.45) is 0. The summed E-state index contributed by atoms with van der Waals surface area (Å²) in [5, 5.41) is 15.0. The number of hydrogen-bond donors (Lipinski definition) is 0. The number of anilines is 3. The quantitative estimate of drug-likeness (QED) is 0.0854. The average molecular weight is 1690 g/mol. The van der Waals surface area contributed by atoms with Gasteiger partial charge in [0, 0.05) is 132 Å². The van der Waals surface area contributed by atoms with E-state index in [2.05, 4.69) is 265 Å². The molecule has 0 amide bonds. The van der Waals surface area contributed by atoms with Crippen LogP contribution in [-0.2, 0) is 9.13 Å². The van der Waals surface area contributed by atoms with Crippen molar-refractivity contribution in [1.29, 1.82) is 0 Å². The third-order valence-corrected chi connectivity index (χ3v) is 30.9. The Morgan fingerprint density at radius 1 is 0.276 bits per heavy atom. The zero-order valence-corrected chi connectivity index (χ0v) is 69.0. The van der Waals surface area contributed by atoms with Crippen molar-refractivity contribution in [1.82, 2.24) is 13.7 Å². The van der Waals surface area contributed by atoms with E-state index < -0.39 is 14.3 Å². The first kappa shape index (κ1) is 77.1. The fourth-order valence-electron chi connectivity index (χ4n) is 18.3. The number of pyridine rings is 1. The van der Waals surface area contributed by atoms with Crippen molar-refractivity contribution in [3.63, 3.8) is 0 Å². The third-order valence-electron chi connectivity index (χ3n) is 23.7. The van der Waals surface area contributed by atoms with Gasteiger partial charge in [-0.1, -0.05) is 305 Å². The van der Waals surface area contributed by atoms with Crippen LogP contribution in [0.25, 0.3) is 149 Å². The molecule has 0 saturated heterocycles. The Bertz CT molecular complexity index is 8080. The number of fused-ring (bicyclic) bond motifs is 20. The van der Waals surface area contributed by atoms with Crippen LogP contribution in [0.2, 0.25) is 0 Å². The summed E-state index contributed by atoms with van der Waals surface area (Å²) in [4.78, 5) is 15.9. The lowest BCUT2D eigenvalue weighted by Crippen LogP contribution is -2.29. The van der Waals surface area contributed by atoms with E-state index in [4.69, 9.17) is 8.83 Å². The van der Waals surface area contributed by atoms with Gasteiger partial charge in [-0.3, -0.25) is 4.79 Å². The molecule has 1 atom stereocenters. The Kier molecular flexibility index (Phi) is 19.8. The Labute approximate surface area is 720 Å². The van der Waals surface area contributed by atoms with Crippen molar-refractivity contribution in [3.8, 4) is 39.3 Å². The summed E-state index contributed by atoms with van der Waals surface area (Å²) in [6, 6.07) is 146. The van der Waals surface area contributed by atoms with E-state index in [1.165, 1.54) is 21.5 Å². The maximum Gasteiger partial charge on any atom is 0.197 e. The van der Waals surface area contributed by atoms with Crippen LogP contribution in [0.4, 0.5) is 17.1 Å². The van der Waals surface area contributed by atoms with E-state index in [0.29, 0.717) is 11.0 Å². The second-order valence-corrected chi connectivity index (χ2v) is 36.7. The highest BCUT2D eigenvalue weighted by atomic mass is 79.9. The Balaban J connectivity index is 0.000000127. The average Bonchev–Trinajstić information content (AvgIpc) is 1.72. The molecule has 585 valence electrons. The summed E-state index contributed by atoms with van der Waals surface area (Å²) in [7, 11) is -6.69. The zero-order chi connectivity index (χ0) is 80.9. The lowest BCUT2D eigenvalue weighted by Gasteiger charge is -2.34. The predicted octanol–water partition coefficient (Wildman–Crippen LogP) is 26.9. The summed E-state index contributed by atoms with van der Waals surface area (Å²) >= 11 is 3.70. The number of para-hydroxylation sites is 10. The standard InChI is InChI=1S/C54H35N2O2P.C31H20N2O.C24H16BrO2P.CH4.B/c57-59(38-19-5-2-6-20-38)53-30-16-11-25-44(53)41-23-9-14-28-49(41)55(36-17-3-1-4-18-36)50-33-37(56-47-26-12-7-21-39(47)40-22-8-13-27-48(40)56)31-32-42(50)46-34-45-43-24-10-15-29-51(43)58-52(45)35-54(46)59;34-31-25-14-6-9-17-29(25)32(21-10-2-1-3-11-21)30-20-22(18-19-26(30)31)33-27-15-7-4-12-23(27)24-13-5-8-16-28(24)33;25-21-15-20-19-13-7-8-14-22(19)27-23(20)16-24(21)28(26,17-9-3-1-4-10-17)18-11-5-2-6-12-18;;/h1-35H;1-20H;1-16H;1H4;. The molecule has 1 aliphatic rings. The highest BCUT2D eigenvalue weighted by molar-refractivity contribution is 9.10. The number of aromatic nitrogens is 3. The molecular formula is C110H75BBrN4O5P2. The fourth-order valence-corrected chi connectivity index (χ4v) is 25.2. The zero-order valence-electron chi connectivity index (χ0n) is 65.7. The monoisotopic (exact) mass is 1680 g/mol. The largest absolute Gasteiger partial charge is 0.456 e. The fraction of sp³-hybridized carbons (Fsp3) is 0.00909. The van der Waals surface area contributed by atoms with Crippen molar-refractivity contribution in [2.45, 2.75) is 7.43 Å². The van der Waals surface area contributed by atoms with Crippen LogP contribution in [0.1, 0.15) is 7.43 Å². The summed E-state index contributed by atoms with van der Waals surface area (Å²) in [5.41, 5.74) is 19.4. The van der Waals surface area contributed by atoms with E-state index in [1.807, 2.05) is 200 Å². The molecule has 1 aliphatic heterocycles. The Morgan fingerprint density at radius 3 is 1.22 bits per heavy atom. The molecule has 0 fully saturated rings. The van der Waals surface area contributed by atoms with Crippen molar-refractivity contribution >= 4 is 197 Å². The predicted molar refractivity (Wildman–Crippen MR) is 521 cm³/mol. The molecule has 0 bridgehead atoms. The van der Waals surface area contributed by atoms with Gasteiger partial charge in [0.15, 0.2) is 19.7 Å². The number of nitrogens with zero attached hydrogens (tertiary/aromatic N) is 4. The van der Waals surface area contributed by atoms with Gasteiger partial charge in [-0.25, -0.2) is 0 Å². The van der Waals surface area contributed by atoms with Crippen LogP contribution < -0.4 is 42.2 Å². The Morgan fingerprint density at radius 2 is 0.667 bits per heavy atom. The maximum absolute atomic E-state index is 17.0. The first-order valence-electron chi connectivity index (χ1n) is 40.4. The molecular weight excluding hydrogens is 1610 g/mol. The maximum atomic E-state index is 17.0. The van der Waals surface area contributed by atoms with E-state index in [1.54, 1.807) is 0 Å². The molecule has 0 aliphatic carbocycles. The van der Waals surface area contributed by atoms with Gasteiger partial charge in [0.05, 0.1) is 44.5 Å². The second-order valence-electron chi connectivity index (χ2n) is 30.5. The molecule has 3 radical (unpaired) electrons. The van der Waals surface area contributed by atoms with E-state index >= 15 is 4.57 Å². The lowest BCUT2D eigenvalue weighted by atomic mass is 9.97. The number of halogens is 1. The molecule has 18 aromatic carbocycles. The molecule has 5 aromatic heterocycles. The minimum atomic E-state index is -3.62. The van der Waals surface area contributed by atoms with Gasteiger partial charge in [-0.05, 0) is 161 Å².